The van der Waals surface area contributed by atoms with Crippen molar-refractivity contribution < 1.29 is 4.92 Å². The van der Waals surface area contributed by atoms with Crippen LogP contribution in [0, 0.1) is 10.1 Å². The minimum atomic E-state index is -0.631. The molecule has 1 aliphatic rings. The van der Waals surface area contributed by atoms with Crippen LogP contribution in [-0.4, -0.2) is 9.91 Å². The zero-order valence-electron chi connectivity index (χ0n) is 18.3. The van der Waals surface area contributed by atoms with Gasteiger partial charge >= 0.3 is 0 Å². The number of hydrogen-bond donors (Lipinski definition) is 0. The van der Waals surface area contributed by atoms with Crippen molar-refractivity contribution in [1.29, 1.82) is 0 Å². The number of hydrogen-bond acceptors (Lipinski definition) is 3. The molecule has 0 spiro atoms. The Bertz CT molecular complexity index is 1490. The fourth-order valence-electron chi connectivity index (χ4n) is 5.33. The molecular formula is C30H20N2O2. The summed E-state index contributed by atoms with van der Waals surface area (Å²) in [5, 5.41) is 11.8. The predicted octanol–water partition coefficient (Wildman–Crippen LogP) is 7.02. The Balaban J connectivity index is 1.73. The van der Waals surface area contributed by atoms with Crippen LogP contribution < -0.4 is 0 Å². The summed E-state index contributed by atoms with van der Waals surface area (Å²) in [5.41, 5.74) is 7.43. The smallest absolute Gasteiger partial charge is 0.260 e. The molecule has 34 heavy (non-hydrogen) atoms. The number of nitro groups is 1. The summed E-state index contributed by atoms with van der Waals surface area (Å²) in [7, 11) is 0. The third kappa shape index (κ3) is 2.82. The Kier molecular flexibility index (Phi) is 4.59. The summed E-state index contributed by atoms with van der Waals surface area (Å²) in [6, 6.07) is 37.9. The van der Waals surface area contributed by atoms with Gasteiger partial charge in [-0.25, -0.2) is 0 Å². The first-order valence-electron chi connectivity index (χ1n) is 11.2. The van der Waals surface area contributed by atoms with E-state index in [9.17, 15) is 10.1 Å². The van der Waals surface area contributed by atoms with Crippen LogP contribution in [-0.2, 0) is 5.41 Å². The molecule has 6 rings (SSSR count). The Morgan fingerprint density at radius 2 is 1.32 bits per heavy atom. The number of nitro benzene ring substituents is 1. The molecule has 162 valence electrons. The van der Waals surface area contributed by atoms with Gasteiger partial charge in [-0.05, 0) is 57.6 Å². The van der Waals surface area contributed by atoms with Crippen LogP contribution in [0.25, 0.3) is 22.3 Å². The van der Waals surface area contributed by atoms with Crippen LogP contribution in [0.2, 0.25) is 0 Å². The molecule has 0 saturated heterocycles. The van der Waals surface area contributed by atoms with Gasteiger partial charge in [-0.2, -0.15) is 0 Å². The van der Waals surface area contributed by atoms with Crippen molar-refractivity contribution >= 4 is 5.69 Å². The third-order valence-electron chi connectivity index (χ3n) is 6.71. The van der Waals surface area contributed by atoms with E-state index in [2.05, 4.69) is 54.6 Å². The third-order valence-corrected chi connectivity index (χ3v) is 6.71. The normalized spacial score (nSPS) is 16.0. The zero-order chi connectivity index (χ0) is 23.1. The van der Waals surface area contributed by atoms with Gasteiger partial charge < -0.3 is 0 Å². The Morgan fingerprint density at radius 3 is 2.09 bits per heavy atom. The second-order valence-corrected chi connectivity index (χ2v) is 8.41. The molecule has 0 amide bonds. The maximum absolute atomic E-state index is 11.8. The van der Waals surface area contributed by atoms with Crippen molar-refractivity contribution in [2.45, 2.75) is 5.41 Å². The average molecular weight is 441 g/mol. The molecule has 4 aromatic carbocycles. The number of aromatic nitrogens is 1. The summed E-state index contributed by atoms with van der Waals surface area (Å²) >= 11 is 0. The quantitative estimate of drug-likeness (QED) is 0.219. The van der Waals surface area contributed by atoms with Gasteiger partial charge in [0.1, 0.15) is 0 Å². The maximum atomic E-state index is 11.8. The first-order valence-corrected chi connectivity index (χ1v) is 11.2. The fourth-order valence-corrected chi connectivity index (χ4v) is 5.33. The molecule has 4 heteroatoms. The fraction of sp³-hybridized carbons (Fsp3) is 0.0333. The molecule has 0 fully saturated rings. The van der Waals surface area contributed by atoms with Crippen LogP contribution in [0.4, 0.5) is 5.69 Å². The van der Waals surface area contributed by atoms with Crippen LogP contribution in [0.5, 0.6) is 0 Å². The number of rotatable bonds is 4. The van der Waals surface area contributed by atoms with Gasteiger partial charge in [-0.3, -0.25) is 15.1 Å². The van der Waals surface area contributed by atoms with E-state index < -0.39 is 5.41 Å². The van der Waals surface area contributed by atoms with Crippen molar-refractivity contribution in [2.24, 2.45) is 0 Å². The lowest BCUT2D eigenvalue weighted by atomic mass is 9.69. The van der Waals surface area contributed by atoms with E-state index in [1.165, 1.54) is 0 Å². The predicted molar refractivity (Wildman–Crippen MR) is 134 cm³/mol. The molecule has 0 bridgehead atoms. The largest absolute Gasteiger partial charge is 0.277 e. The first kappa shape index (κ1) is 20.1. The van der Waals surface area contributed by atoms with Crippen LogP contribution in [0.15, 0.2) is 121 Å². The molecule has 1 atom stereocenters. The number of benzene rings is 4. The molecule has 0 saturated carbocycles. The first-order chi connectivity index (χ1) is 16.7. The maximum Gasteiger partial charge on any atom is 0.277 e. The molecule has 1 aliphatic carbocycles. The van der Waals surface area contributed by atoms with Crippen LogP contribution >= 0.6 is 0 Å². The lowest BCUT2D eigenvalue weighted by Gasteiger charge is -2.32. The molecule has 1 aromatic heterocycles. The van der Waals surface area contributed by atoms with Gasteiger partial charge in [0.2, 0.25) is 0 Å². The minimum Gasteiger partial charge on any atom is -0.260 e. The summed E-state index contributed by atoms with van der Waals surface area (Å²) in [6.07, 6.45) is 1.83. The van der Waals surface area contributed by atoms with E-state index in [0.29, 0.717) is 5.56 Å². The highest BCUT2D eigenvalue weighted by atomic mass is 16.6. The molecule has 4 nitrogen and oxygen atoms in total. The highest BCUT2D eigenvalue weighted by Crippen LogP contribution is 2.56. The molecule has 0 N–H and O–H groups in total. The van der Waals surface area contributed by atoms with E-state index in [0.717, 1.165) is 39.1 Å². The van der Waals surface area contributed by atoms with Crippen molar-refractivity contribution in [3.63, 3.8) is 0 Å². The Labute approximate surface area is 197 Å². The Hall–Kier alpha value is -4.57. The number of para-hydroxylation sites is 1. The van der Waals surface area contributed by atoms with E-state index in [-0.39, 0.29) is 10.6 Å². The van der Waals surface area contributed by atoms with E-state index in [1.807, 2.05) is 54.7 Å². The van der Waals surface area contributed by atoms with Crippen molar-refractivity contribution in [1.82, 2.24) is 4.98 Å². The highest BCUT2D eigenvalue weighted by molar-refractivity contribution is 5.88. The molecule has 1 heterocycles. The SMILES string of the molecule is O=[N+]([O-])c1ccccc1-c1ccc2c(c1)C(c1ccccc1)(c1ccccn1)c1ccccc1-2. The topological polar surface area (TPSA) is 56.0 Å². The van der Waals surface area contributed by atoms with E-state index in [1.54, 1.807) is 12.1 Å². The molecule has 0 radical (unpaired) electrons. The Morgan fingerprint density at radius 1 is 0.647 bits per heavy atom. The monoisotopic (exact) mass is 440 g/mol. The summed E-state index contributed by atoms with van der Waals surface area (Å²) in [4.78, 5) is 16.3. The average Bonchev–Trinajstić information content (AvgIpc) is 3.20. The van der Waals surface area contributed by atoms with Crippen molar-refractivity contribution in [3.8, 4) is 22.3 Å². The number of fused-ring (bicyclic) bond motifs is 3. The van der Waals surface area contributed by atoms with Gasteiger partial charge in [0.15, 0.2) is 0 Å². The summed E-state index contributed by atoms with van der Waals surface area (Å²) in [6.45, 7) is 0. The van der Waals surface area contributed by atoms with Gasteiger partial charge in [-0.15, -0.1) is 0 Å². The molecule has 0 aliphatic heterocycles. The second-order valence-electron chi connectivity index (χ2n) is 8.41. The van der Waals surface area contributed by atoms with Gasteiger partial charge in [0.05, 0.1) is 21.6 Å². The minimum absolute atomic E-state index is 0.0982. The van der Waals surface area contributed by atoms with E-state index >= 15 is 0 Å². The van der Waals surface area contributed by atoms with Crippen LogP contribution in [0.3, 0.4) is 0 Å². The summed E-state index contributed by atoms with van der Waals surface area (Å²) < 4.78 is 0. The van der Waals surface area contributed by atoms with E-state index in [4.69, 9.17) is 4.98 Å². The second kappa shape index (κ2) is 7.78. The standard InChI is InChI=1S/C30H20N2O2/c33-32(34)28-15-7-5-12-23(28)21-17-18-25-24-13-4-6-14-26(24)30(27(25)20-21,22-10-2-1-3-11-22)29-16-8-9-19-31-29/h1-20H. The highest BCUT2D eigenvalue weighted by Gasteiger charge is 2.47. The van der Waals surface area contributed by atoms with Gasteiger partial charge in [-0.1, -0.05) is 84.9 Å². The van der Waals surface area contributed by atoms with Crippen molar-refractivity contribution in [2.75, 3.05) is 0 Å². The molecular weight excluding hydrogens is 420 g/mol. The lowest BCUT2D eigenvalue weighted by Crippen LogP contribution is -2.29. The zero-order valence-corrected chi connectivity index (χ0v) is 18.3. The van der Waals surface area contributed by atoms with Gasteiger partial charge in [0.25, 0.3) is 5.69 Å². The number of nitrogens with zero attached hydrogens (tertiary/aromatic N) is 2. The lowest BCUT2D eigenvalue weighted by molar-refractivity contribution is -0.384. The molecule has 5 aromatic rings. The molecule has 1 unspecified atom stereocenters. The van der Waals surface area contributed by atoms with Crippen molar-refractivity contribution in [3.05, 3.63) is 154 Å². The van der Waals surface area contributed by atoms with Gasteiger partial charge in [0, 0.05) is 12.3 Å². The van der Waals surface area contributed by atoms with Crippen LogP contribution in [0.1, 0.15) is 22.4 Å². The number of pyridine rings is 1. The summed E-state index contributed by atoms with van der Waals surface area (Å²) in [5.74, 6) is 0.